The molecule has 2 nitrogen and oxygen atoms in total. The van der Waals surface area contributed by atoms with Crippen LogP contribution >= 0.6 is 0 Å². The van der Waals surface area contributed by atoms with E-state index in [1.807, 2.05) is 0 Å². The molecule has 2 fully saturated rings. The fourth-order valence-electron chi connectivity index (χ4n) is 3.96. The molecule has 2 aliphatic rings. The summed E-state index contributed by atoms with van der Waals surface area (Å²) in [6.45, 7) is 6.83. The van der Waals surface area contributed by atoms with Crippen molar-refractivity contribution in [2.75, 3.05) is 13.1 Å². The van der Waals surface area contributed by atoms with Crippen LogP contribution < -0.4 is 0 Å². The van der Waals surface area contributed by atoms with Crippen LogP contribution in [0.1, 0.15) is 78.1 Å². The summed E-state index contributed by atoms with van der Waals surface area (Å²) < 4.78 is 0. The van der Waals surface area contributed by atoms with E-state index in [4.69, 9.17) is 0 Å². The van der Waals surface area contributed by atoms with Crippen LogP contribution in [-0.2, 0) is 4.79 Å². The third-order valence-electron chi connectivity index (χ3n) is 5.10. The smallest absolute Gasteiger partial charge is 0.153 e. The number of hydrogen-bond donors (Lipinski definition) is 0. The lowest BCUT2D eigenvalue weighted by Crippen LogP contribution is -2.54. The molecular formula is C17H31NO. The zero-order valence-electron chi connectivity index (χ0n) is 12.9. The van der Waals surface area contributed by atoms with Crippen LogP contribution in [0.5, 0.6) is 0 Å². The van der Waals surface area contributed by atoms with Gasteiger partial charge in [0.05, 0.1) is 5.54 Å². The third kappa shape index (κ3) is 3.59. The largest absolute Gasteiger partial charge is 0.298 e. The van der Waals surface area contributed by atoms with Crippen LogP contribution in [0.2, 0.25) is 0 Å². The van der Waals surface area contributed by atoms with E-state index in [2.05, 4.69) is 18.7 Å². The van der Waals surface area contributed by atoms with Gasteiger partial charge < -0.3 is 0 Å². The van der Waals surface area contributed by atoms with Crippen molar-refractivity contribution in [2.24, 2.45) is 5.92 Å². The van der Waals surface area contributed by atoms with Crippen molar-refractivity contribution in [3.63, 3.8) is 0 Å². The number of likely N-dealkylation sites (tertiary alicyclic amines) is 1. The first kappa shape index (κ1) is 15.0. The second-order valence-electron chi connectivity index (χ2n) is 7.00. The van der Waals surface area contributed by atoms with Crippen molar-refractivity contribution in [1.29, 1.82) is 0 Å². The second-order valence-corrected chi connectivity index (χ2v) is 7.00. The Labute approximate surface area is 118 Å². The highest BCUT2D eigenvalue weighted by molar-refractivity contribution is 5.88. The van der Waals surface area contributed by atoms with Crippen LogP contribution in [0.15, 0.2) is 0 Å². The van der Waals surface area contributed by atoms with Crippen molar-refractivity contribution >= 4 is 5.78 Å². The fraction of sp³-hybridized carbons (Fsp3) is 0.941. The van der Waals surface area contributed by atoms with E-state index >= 15 is 0 Å². The highest BCUT2D eigenvalue weighted by atomic mass is 16.1. The van der Waals surface area contributed by atoms with Crippen LogP contribution in [0.3, 0.4) is 0 Å². The Morgan fingerprint density at radius 3 is 2.26 bits per heavy atom. The molecule has 0 aromatic rings. The molecule has 0 radical (unpaired) electrons. The summed E-state index contributed by atoms with van der Waals surface area (Å²) in [5.74, 6) is 1.29. The van der Waals surface area contributed by atoms with E-state index in [1.54, 1.807) is 0 Å². The Bertz CT molecular complexity index is 286. The average Bonchev–Trinajstić information content (AvgIpc) is 2.90. The summed E-state index contributed by atoms with van der Waals surface area (Å²) in [5, 5.41) is 0. The first-order valence-electron chi connectivity index (χ1n) is 8.43. The molecule has 19 heavy (non-hydrogen) atoms. The number of piperidine rings is 1. The molecule has 0 N–H and O–H groups in total. The summed E-state index contributed by atoms with van der Waals surface area (Å²) in [5.41, 5.74) is -0.0442. The Morgan fingerprint density at radius 2 is 1.68 bits per heavy atom. The number of Topliss-reactive ketones (excluding diaryl/α,β-unsaturated/α-hetero) is 1. The molecule has 1 heterocycles. The lowest BCUT2D eigenvalue weighted by molar-refractivity contribution is -0.132. The molecular weight excluding hydrogens is 234 g/mol. The van der Waals surface area contributed by atoms with Gasteiger partial charge >= 0.3 is 0 Å². The predicted octanol–water partition coefficient (Wildman–Crippen LogP) is 4.18. The zero-order valence-corrected chi connectivity index (χ0v) is 12.9. The number of carbonyl (C=O) groups excluding carboxylic acids is 1. The normalized spacial score (nSPS) is 23.9. The molecule has 110 valence electrons. The summed E-state index contributed by atoms with van der Waals surface area (Å²) >= 11 is 0. The predicted molar refractivity (Wildman–Crippen MR) is 80.3 cm³/mol. The number of nitrogens with zero attached hydrogens (tertiary/aromatic N) is 1. The molecule has 1 aliphatic carbocycles. The second kappa shape index (κ2) is 6.88. The summed E-state index contributed by atoms with van der Waals surface area (Å²) in [7, 11) is 0. The lowest BCUT2D eigenvalue weighted by atomic mass is 9.85. The number of hydrogen-bond acceptors (Lipinski definition) is 2. The molecule has 1 saturated carbocycles. The molecule has 1 aliphatic heterocycles. The number of ketones is 1. The molecule has 0 atom stereocenters. The minimum absolute atomic E-state index is 0.0442. The van der Waals surface area contributed by atoms with Crippen LogP contribution in [-0.4, -0.2) is 29.3 Å². The molecule has 0 unspecified atom stereocenters. The summed E-state index contributed by atoms with van der Waals surface area (Å²) in [4.78, 5) is 15.4. The van der Waals surface area contributed by atoms with Crippen molar-refractivity contribution in [2.45, 2.75) is 83.6 Å². The lowest BCUT2D eigenvalue weighted by Gasteiger charge is -2.42. The van der Waals surface area contributed by atoms with Gasteiger partial charge in [-0.1, -0.05) is 39.5 Å². The van der Waals surface area contributed by atoms with Crippen molar-refractivity contribution in [3.8, 4) is 0 Å². The maximum atomic E-state index is 12.8. The van der Waals surface area contributed by atoms with E-state index in [1.165, 1.54) is 38.5 Å². The number of rotatable bonds is 6. The minimum atomic E-state index is -0.0442. The van der Waals surface area contributed by atoms with Gasteiger partial charge in [-0.3, -0.25) is 9.69 Å². The molecule has 0 spiro atoms. The van der Waals surface area contributed by atoms with E-state index in [0.29, 0.717) is 5.78 Å². The standard InChI is InChI=1S/C17H31NO/c1-15(2)9-8-10-16(19)17(11-4-5-12-17)18-13-6-3-7-14-18/h15H,3-14H2,1-2H3. The van der Waals surface area contributed by atoms with Crippen LogP contribution in [0.25, 0.3) is 0 Å². The average molecular weight is 265 g/mol. The molecule has 0 bridgehead atoms. The molecule has 2 heteroatoms. The monoisotopic (exact) mass is 265 g/mol. The van der Waals surface area contributed by atoms with Gasteiger partial charge in [0.1, 0.15) is 0 Å². The molecule has 0 aromatic carbocycles. The van der Waals surface area contributed by atoms with Gasteiger partial charge in [-0.05, 0) is 51.1 Å². The molecule has 1 saturated heterocycles. The third-order valence-corrected chi connectivity index (χ3v) is 5.10. The topological polar surface area (TPSA) is 20.3 Å². The quantitative estimate of drug-likeness (QED) is 0.718. The van der Waals surface area contributed by atoms with E-state index in [0.717, 1.165) is 44.7 Å². The van der Waals surface area contributed by atoms with Gasteiger partial charge in [-0.15, -0.1) is 0 Å². The van der Waals surface area contributed by atoms with Crippen LogP contribution in [0, 0.1) is 5.92 Å². The van der Waals surface area contributed by atoms with Gasteiger partial charge in [-0.2, -0.15) is 0 Å². The van der Waals surface area contributed by atoms with Gasteiger partial charge in [-0.25, -0.2) is 0 Å². The van der Waals surface area contributed by atoms with Crippen molar-refractivity contribution < 1.29 is 4.79 Å². The summed E-state index contributed by atoms with van der Waals surface area (Å²) in [6, 6.07) is 0. The molecule has 2 rings (SSSR count). The van der Waals surface area contributed by atoms with Gasteiger partial charge in [0.25, 0.3) is 0 Å². The van der Waals surface area contributed by atoms with Crippen molar-refractivity contribution in [3.05, 3.63) is 0 Å². The highest BCUT2D eigenvalue weighted by Crippen LogP contribution is 2.38. The fourth-order valence-corrected chi connectivity index (χ4v) is 3.96. The Balaban J connectivity index is 1.95. The highest BCUT2D eigenvalue weighted by Gasteiger charge is 2.45. The van der Waals surface area contributed by atoms with E-state index < -0.39 is 0 Å². The van der Waals surface area contributed by atoms with Gasteiger partial charge in [0.2, 0.25) is 0 Å². The SMILES string of the molecule is CC(C)CCCC(=O)C1(N2CCCCC2)CCCC1. The Kier molecular flexibility index (Phi) is 5.44. The van der Waals surface area contributed by atoms with Crippen LogP contribution in [0.4, 0.5) is 0 Å². The maximum absolute atomic E-state index is 12.8. The van der Waals surface area contributed by atoms with E-state index in [9.17, 15) is 4.79 Å². The first-order chi connectivity index (χ1) is 9.15. The Morgan fingerprint density at radius 1 is 1.05 bits per heavy atom. The maximum Gasteiger partial charge on any atom is 0.153 e. The van der Waals surface area contributed by atoms with Gasteiger partial charge in [0.15, 0.2) is 5.78 Å². The van der Waals surface area contributed by atoms with Gasteiger partial charge in [0, 0.05) is 6.42 Å². The minimum Gasteiger partial charge on any atom is -0.298 e. The first-order valence-corrected chi connectivity index (χ1v) is 8.43. The number of carbonyl (C=O) groups is 1. The van der Waals surface area contributed by atoms with Crippen molar-refractivity contribution in [1.82, 2.24) is 4.90 Å². The molecule has 0 aromatic heterocycles. The van der Waals surface area contributed by atoms with E-state index in [-0.39, 0.29) is 5.54 Å². The molecule has 0 amide bonds. The summed E-state index contributed by atoms with van der Waals surface area (Å²) in [6.07, 6.45) is 11.8. The zero-order chi connectivity index (χ0) is 13.7. The Hall–Kier alpha value is -0.370.